The molecule has 0 heterocycles. The Labute approximate surface area is 104 Å². The first-order valence-electron chi connectivity index (χ1n) is 5.40. The van der Waals surface area contributed by atoms with Crippen molar-refractivity contribution in [3.05, 3.63) is 22.2 Å². The third-order valence-corrected chi connectivity index (χ3v) is 3.47. The summed E-state index contributed by atoms with van der Waals surface area (Å²) in [6, 6.07) is 4.01. The number of methoxy groups -OCH3 is 1. The van der Waals surface area contributed by atoms with Gasteiger partial charge in [-0.1, -0.05) is 0 Å². The molecule has 1 saturated carbocycles. The fourth-order valence-electron chi connectivity index (χ4n) is 1.74. The van der Waals surface area contributed by atoms with Crippen molar-refractivity contribution in [1.29, 1.82) is 0 Å². The molecule has 2 rings (SSSR count). The average Bonchev–Trinajstić information content (AvgIpc) is 2.98. The zero-order valence-corrected chi connectivity index (χ0v) is 11.1. The lowest BCUT2D eigenvalue weighted by molar-refractivity contribution is 0.309. The Balaban J connectivity index is 2.43. The van der Waals surface area contributed by atoms with Gasteiger partial charge in [0.1, 0.15) is 0 Å². The van der Waals surface area contributed by atoms with Gasteiger partial charge in [0.05, 0.1) is 18.2 Å². The van der Waals surface area contributed by atoms with E-state index in [-0.39, 0.29) is 5.54 Å². The molecule has 0 unspecified atom stereocenters. The quantitative estimate of drug-likeness (QED) is 0.925. The summed E-state index contributed by atoms with van der Waals surface area (Å²) in [5.41, 5.74) is 7.14. The molecule has 1 fully saturated rings. The molecule has 0 amide bonds. The second-order valence-corrected chi connectivity index (χ2v) is 4.93. The highest BCUT2D eigenvalue weighted by Gasteiger charge is 2.40. The molecule has 1 aromatic carbocycles. The Hall–Kier alpha value is -0.740. The molecule has 0 spiro atoms. The Morgan fingerprint density at radius 3 is 2.62 bits per heavy atom. The topological polar surface area (TPSA) is 44.5 Å². The molecule has 0 bridgehead atoms. The van der Waals surface area contributed by atoms with E-state index in [1.54, 1.807) is 7.11 Å². The van der Waals surface area contributed by atoms with Crippen LogP contribution in [-0.2, 0) is 5.54 Å². The van der Waals surface area contributed by atoms with E-state index in [2.05, 4.69) is 15.9 Å². The van der Waals surface area contributed by atoms with E-state index in [1.165, 1.54) is 0 Å². The van der Waals surface area contributed by atoms with E-state index in [0.717, 1.165) is 34.4 Å². The van der Waals surface area contributed by atoms with E-state index in [0.29, 0.717) is 6.61 Å². The number of halogens is 1. The fourth-order valence-corrected chi connectivity index (χ4v) is 2.34. The monoisotopic (exact) mass is 285 g/mol. The molecule has 1 aliphatic carbocycles. The second kappa shape index (κ2) is 4.26. The van der Waals surface area contributed by atoms with E-state index >= 15 is 0 Å². The minimum Gasteiger partial charge on any atom is -0.492 e. The van der Waals surface area contributed by atoms with Crippen LogP contribution in [-0.4, -0.2) is 13.7 Å². The highest BCUT2D eigenvalue weighted by molar-refractivity contribution is 9.10. The van der Waals surface area contributed by atoms with Crippen molar-refractivity contribution < 1.29 is 9.47 Å². The maximum Gasteiger partial charge on any atom is 0.174 e. The Morgan fingerprint density at radius 1 is 1.44 bits per heavy atom. The molecule has 0 saturated heterocycles. The maximum absolute atomic E-state index is 6.18. The van der Waals surface area contributed by atoms with Gasteiger partial charge in [0, 0.05) is 5.54 Å². The van der Waals surface area contributed by atoms with E-state index in [9.17, 15) is 0 Å². The van der Waals surface area contributed by atoms with Crippen LogP contribution < -0.4 is 15.2 Å². The van der Waals surface area contributed by atoms with Crippen molar-refractivity contribution in [3.63, 3.8) is 0 Å². The molecule has 0 radical (unpaired) electrons. The minimum absolute atomic E-state index is 0.152. The van der Waals surface area contributed by atoms with Gasteiger partial charge in [-0.15, -0.1) is 0 Å². The zero-order chi connectivity index (χ0) is 11.8. The number of benzene rings is 1. The third kappa shape index (κ3) is 2.04. The van der Waals surface area contributed by atoms with Crippen molar-refractivity contribution in [2.24, 2.45) is 5.73 Å². The summed E-state index contributed by atoms with van der Waals surface area (Å²) in [5.74, 6) is 1.49. The molecular formula is C12H16BrNO2. The van der Waals surface area contributed by atoms with Crippen LogP contribution in [0.5, 0.6) is 11.5 Å². The predicted octanol–water partition coefficient (Wildman–Crippen LogP) is 2.80. The summed E-state index contributed by atoms with van der Waals surface area (Å²) >= 11 is 3.49. The van der Waals surface area contributed by atoms with Crippen LogP contribution in [0.1, 0.15) is 25.3 Å². The summed E-state index contributed by atoms with van der Waals surface area (Å²) in [7, 11) is 1.64. The molecule has 2 N–H and O–H groups in total. The van der Waals surface area contributed by atoms with Crippen molar-refractivity contribution in [1.82, 2.24) is 0 Å². The molecule has 1 aromatic rings. The van der Waals surface area contributed by atoms with Gasteiger partial charge in [0.15, 0.2) is 11.5 Å². The normalized spacial score (nSPS) is 17.0. The van der Waals surface area contributed by atoms with Gasteiger partial charge in [0.25, 0.3) is 0 Å². The lowest BCUT2D eigenvalue weighted by Crippen LogP contribution is -2.18. The molecule has 88 valence electrons. The summed E-state index contributed by atoms with van der Waals surface area (Å²) in [6.45, 7) is 2.57. The summed E-state index contributed by atoms with van der Waals surface area (Å²) in [5, 5.41) is 0. The summed E-state index contributed by atoms with van der Waals surface area (Å²) < 4.78 is 11.8. The minimum atomic E-state index is -0.152. The number of hydrogen-bond acceptors (Lipinski definition) is 3. The molecule has 3 nitrogen and oxygen atoms in total. The van der Waals surface area contributed by atoms with Crippen molar-refractivity contribution in [3.8, 4) is 11.5 Å². The van der Waals surface area contributed by atoms with Crippen LogP contribution >= 0.6 is 15.9 Å². The lowest BCUT2D eigenvalue weighted by atomic mass is 10.1. The van der Waals surface area contributed by atoms with Gasteiger partial charge in [-0.25, -0.2) is 0 Å². The Bertz CT molecular complexity index is 402. The third-order valence-electron chi connectivity index (χ3n) is 2.88. The van der Waals surface area contributed by atoms with Crippen molar-refractivity contribution in [2.45, 2.75) is 25.3 Å². The smallest absolute Gasteiger partial charge is 0.174 e. The average molecular weight is 286 g/mol. The van der Waals surface area contributed by atoms with Crippen LogP contribution in [0.15, 0.2) is 16.6 Å². The Morgan fingerprint density at radius 2 is 2.12 bits per heavy atom. The number of ether oxygens (including phenoxy) is 2. The molecule has 16 heavy (non-hydrogen) atoms. The van der Waals surface area contributed by atoms with Gasteiger partial charge in [-0.2, -0.15) is 0 Å². The molecule has 4 heteroatoms. The fraction of sp³-hybridized carbons (Fsp3) is 0.500. The van der Waals surface area contributed by atoms with Gasteiger partial charge in [-0.05, 0) is 53.4 Å². The molecule has 0 atom stereocenters. The maximum atomic E-state index is 6.18. The van der Waals surface area contributed by atoms with Gasteiger partial charge >= 0.3 is 0 Å². The number of hydrogen-bond donors (Lipinski definition) is 1. The van der Waals surface area contributed by atoms with Gasteiger partial charge in [-0.3, -0.25) is 0 Å². The predicted molar refractivity (Wildman–Crippen MR) is 67.0 cm³/mol. The second-order valence-electron chi connectivity index (χ2n) is 4.08. The summed E-state index contributed by atoms with van der Waals surface area (Å²) in [6.07, 6.45) is 2.08. The first-order valence-corrected chi connectivity index (χ1v) is 6.19. The van der Waals surface area contributed by atoms with Crippen molar-refractivity contribution in [2.75, 3.05) is 13.7 Å². The van der Waals surface area contributed by atoms with Crippen LogP contribution in [0.25, 0.3) is 0 Å². The van der Waals surface area contributed by atoms with E-state index in [4.69, 9.17) is 15.2 Å². The molecule has 0 aliphatic heterocycles. The van der Waals surface area contributed by atoms with Crippen LogP contribution in [0.4, 0.5) is 0 Å². The largest absolute Gasteiger partial charge is 0.492 e. The van der Waals surface area contributed by atoms with Gasteiger partial charge < -0.3 is 15.2 Å². The van der Waals surface area contributed by atoms with E-state index < -0.39 is 0 Å². The molecule has 1 aliphatic rings. The van der Waals surface area contributed by atoms with Crippen LogP contribution in [0.3, 0.4) is 0 Å². The van der Waals surface area contributed by atoms with Gasteiger partial charge in [0.2, 0.25) is 0 Å². The van der Waals surface area contributed by atoms with Crippen molar-refractivity contribution >= 4 is 15.9 Å². The SMILES string of the molecule is CCOc1cc(C2(N)CC2)cc(Br)c1OC. The highest BCUT2D eigenvalue weighted by Crippen LogP contribution is 2.47. The van der Waals surface area contributed by atoms with E-state index in [1.807, 2.05) is 19.1 Å². The number of nitrogens with two attached hydrogens (primary N) is 1. The zero-order valence-electron chi connectivity index (χ0n) is 9.55. The standard InChI is InChI=1S/C12H16BrNO2/c1-3-16-10-7-8(12(14)4-5-12)6-9(13)11(10)15-2/h6-7H,3-5,14H2,1-2H3. The van der Waals surface area contributed by atoms with Crippen LogP contribution in [0.2, 0.25) is 0 Å². The molecular weight excluding hydrogens is 270 g/mol. The first-order chi connectivity index (χ1) is 7.60. The Kier molecular flexibility index (Phi) is 3.13. The van der Waals surface area contributed by atoms with Crippen LogP contribution in [0, 0.1) is 0 Å². The first kappa shape index (κ1) is 11.7. The summed E-state index contributed by atoms with van der Waals surface area (Å²) in [4.78, 5) is 0. The number of rotatable bonds is 4. The lowest BCUT2D eigenvalue weighted by Gasteiger charge is -2.16. The highest BCUT2D eigenvalue weighted by atomic mass is 79.9. The molecule has 0 aromatic heterocycles.